The highest BCUT2D eigenvalue weighted by molar-refractivity contribution is 9.10. The Balaban J connectivity index is 2.93. The summed E-state index contributed by atoms with van der Waals surface area (Å²) in [6.07, 6.45) is 0. The van der Waals surface area contributed by atoms with Crippen LogP contribution in [0.25, 0.3) is 0 Å². The molecule has 3 N–H and O–H groups in total. The van der Waals surface area contributed by atoms with Crippen molar-refractivity contribution in [1.82, 2.24) is 4.72 Å². The number of nitrogens with two attached hydrogens (primary N) is 1. The van der Waals surface area contributed by atoms with E-state index in [4.69, 9.17) is 5.73 Å². The Hall–Kier alpha value is -0.300. The number of rotatable bonds is 4. The SMILES string of the molecule is CC(C)(C)S(=O)NC(CN)c1cc(F)cc(Br)c1. The van der Waals surface area contributed by atoms with E-state index in [0.717, 1.165) is 0 Å². The Morgan fingerprint density at radius 3 is 2.50 bits per heavy atom. The summed E-state index contributed by atoms with van der Waals surface area (Å²) in [6, 6.07) is 4.21. The Kier molecular flexibility index (Phi) is 5.46. The van der Waals surface area contributed by atoms with Crippen molar-refractivity contribution >= 4 is 26.9 Å². The fourth-order valence-electron chi connectivity index (χ4n) is 1.33. The van der Waals surface area contributed by atoms with E-state index in [1.54, 1.807) is 6.07 Å². The molecule has 1 aromatic rings. The Morgan fingerprint density at radius 1 is 1.44 bits per heavy atom. The van der Waals surface area contributed by atoms with Crippen molar-refractivity contribution in [3.63, 3.8) is 0 Å². The molecule has 0 saturated carbocycles. The largest absolute Gasteiger partial charge is 0.329 e. The quantitative estimate of drug-likeness (QED) is 0.887. The van der Waals surface area contributed by atoms with Gasteiger partial charge >= 0.3 is 0 Å². The third-order valence-corrected chi connectivity index (χ3v) is 4.40. The average Bonchev–Trinajstić information content (AvgIpc) is 2.22. The van der Waals surface area contributed by atoms with Crippen LogP contribution in [0.15, 0.2) is 22.7 Å². The molecule has 0 spiro atoms. The molecule has 3 nitrogen and oxygen atoms in total. The monoisotopic (exact) mass is 336 g/mol. The zero-order valence-electron chi connectivity index (χ0n) is 10.7. The predicted molar refractivity (Wildman–Crippen MR) is 76.9 cm³/mol. The second-order valence-electron chi connectivity index (χ2n) is 4.99. The summed E-state index contributed by atoms with van der Waals surface area (Å²) >= 11 is 3.23. The first kappa shape index (κ1) is 15.8. The van der Waals surface area contributed by atoms with Gasteiger partial charge in [0.2, 0.25) is 0 Å². The van der Waals surface area contributed by atoms with E-state index in [1.165, 1.54) is 12.1 Å². The number of nitrogens with one attached hydrogen (secondary N) is 1. The van der Waals surface area contributed by atoms with Gasteiger partial charge in [0.05, 0.1) is 21.8 Å². The van der Waals surface area contributed by atoms with Gasteiger partial charge in [-0.2, -0.15) is 0 Å². The van der Waals surface area contributed by atoms with Crippen molar-refractivity contribution in [3.8, 4) is 0 Å². The van der Waals surface area contributed by atoms with E-state index in [2.05, 4.69) is 20.7 Å². The van der Waals surface area contributed by atoms with Gasteiger partial charge in [0.1, 0.15) is 5.82 Å². The van der Waals surface area contributed by atoms with E-state index >= 15 is 0 Å². The van der Waals surface area contributed by atoms with E-state index < -0.39 is 15.7 Å². The van der Waals surface area contributed by atoms with Gasteiger partial charge in [-0.25, -0.2) is 13.3 Å². The standard InChI is InChI=1S/C12H18BrFN2OS/c1-12(2,3)18(17)16-11(7-15)8-4-9(13)6-10(14)5-8/h4-6,11,16H,7,15H2,1-3H3. The molecule has 102 valence electrons. The zero-order chi connectivity index (χ0) is 13.9. The molecule has 1 aromatic carbocycles. The van der Waals surface area contributed by atoms with Gasteiger partial charge in [-0.15, -0.1) is 0 Å². The summed E-state index contributed by atoms with van der Waals surface area (Å²) in [5.74, 6) is -0.346. The molecule has 0 saturated heterocycles. The number of hydrogen-bond donors (Lipinski definition) is 2. The summed E-state index contributed by atoms with van der Waals surface area (Å²) in [4.78, 5) is 0. The van der Waals surface area contributed by atoms with Crippen molar-refractivity contribution in [2.75, 3.05) is 6.54 Å². The first-order valence-corrected chi connectivity index (χ1v) is 7.52. The molecule has 0 bridgehead atoms. The molecule has 18 heavy (non-hydrogen) atoms. The minimum Gasteiger partial charge on any atom is -0.329 e. The van der Waals surface area contributed by atoms with Gasteiger partial charge < -0.3 is 5.73 Å². The molecule has 0 aliphatic rings. The van der Waals surface area contributed by atoms with Crippen LogP contribution in [0.5, 0.6) is 0 Å². The van der Waals surface area contributed by atoms with Crippen LogP contribution in [0.1, 0.15) is 32.4 Å². The molecule has 0 aliphatic heterocycles. The van der Waals surface area contributed by atoms with Gasteiger partial charge in [-0.1, -0.05) is 15.9 Å². The third kappa shape index (κ3) is 4.42. The highest BCUT2D eigenvalue weighted by atomic mass is 79.9. The molecule has 0 aliphatic carbocycles. The summed E-state index contributed by atoms with van der Waals surface area (Å²) in [7, 11) is -1.25. The average molecular weight is 337 g/mol. The number of hydrogen-bond acceptors (Lipinski definition) is 2. The lowest BCUT2D eigenvalue weighted by molar-refractivity contribution is 0.592. The molecule has 2 unspecified atom stereocenters. The maximum atomic E-state index is 13.3. The molecule has 0 heterocycles. The first-order valence-electron chi connectivity index (χ1n) is 5.58. The van der Waals surface area contributed by atoms with Crippen molar-refractivity contribution in [2.24, 2.45) is 5.73 Å². The predicted octanol–water partition coefficient (Wildman–Crippen LogP) is 2.64. The van der Waals surface area contributed by atoms with E-state index in [-0.39, 0.29) is 18.4 Å². The van der Waals surface area contributed by atoms with Gasteiger partial charge in [0, 0.05) is 11.0 Å². The molecular formula is C12H18BrFN2OS. The highest BCUT2D eigenvalue weighted by Gasteiger charge is 2.23. The van der Waals surface area contributed by atoms with E-state index in [9.17, 15) is 8.60 Å². The van der Waals surface area contributed by atoms with Crippen LogP contribution in [0.2, 0.25) is 0 Å². The lowest BCUT2D eigenvalue weighted by Gasteiger charge is -2.23. The van der Waals surface area contributed by atoms with E-state index in [1.807, 2.05) is 20.8 Å². The first-order chi connectivity index (χ1) is 8.24. The molecule has 0 fully saturated rings. The molecular weight excluding hydrogens is 319 g/mol. The zero-order valence-corrected chi connectivity index (χ0v) is 13.1. The Bertz CT molecular complexity index is 428. The van der Waals surface area contributed by atoms with Crippen molar-refractivity contribution in [3.05, 3.63) is 34.1 Å². The molecule has 2 atom stereocenters. The number of benzene rings is 1. The topological polar surface area (TPSA) is 55.1 Å². The van der Waals surface area contributed by atoms with Crippen LogP contribution in [-0.2, 0) is 11.0 Å². The van der Waals surface area contributed by atoms with Gasteiger partial charge in [0.15, 0.2) is 0 Å². The lowest BCUT2D eigenvalue weighted by Crippen LogP contribution is -2.38. The molecule has 0 aromatic heterocycles. The van der Waals surface area contributed by atoms with Crippen molar-refractivity contribution < 1.29 is 8.60 Å². The maximum Gasteiger partial charge on any atom is 0.124 e. The maximum absolute atomic E-state index is 13.3. The normalized spacial score (nSPS) is 15.4. The summed E-state index contributed by atoms with van der Waals surface area (Å²) < 4.78 is 28.5. The van der Waals surface area contributed by atoms with Gasteiger partial charge in [-0.05, 0) is 44.5 Å². The van der Waals surface area contributed by atoms with Crippen LogP contribution < -0.4 is 10.5 Å². The molecule has 0 amide bonds. The van der Waals surface area contributed by atoms with Crippen LogP contribution >= 0.6 is 15.9 Å². The van der Waals surface area contributed by atoms with Crippen LogP contribution in [0, 0.1) is 5.82 Å². The second kappa shape index (κ2) is 6.23. The van der Waals surface area contributed by atoms with Gasteiger partial charge in [0.25, 0.3) is 0 Å². The van der Waals surface area contributed by atoms with Crippen LogP contribution in [0.3, 0.4) is 0 Å². The van der Waals surface area contributed by atoms with Gasteiger partial charge in [-0.3, -0.25) is 0 Å². The summed E-state index contributed by atoms with van der Waals surface area (Å²) in [5, 5.41) is 0. The number of halogens is 2. The van der Waals surface area contributed by atoms with Crippen LogP contribution in [0.4, 0.5) is 4.39 Å². The fraction of sp³-hybridized carbons (Fsp3) is 0.500. The summed E-state index contributed by atoms with van der Waals surface area (Å²) in [6.45, 7) is 5.85. The molecule has 6 heteroatoms. The smallest absolute Gasteiger partial charge is 0.124 e. The lowest BCUT2D eigenvalue weighted by atomic mass is 10.1. The fourth-order valence-corrected chi connectivity index (χ4v) is 2.66. The molecule has 1 rings (SSSR count). The van der Waals surface area contributed by atoms with Crippen molar-refractivity contribution in [1.29, 1.82) is 0 Å². The minimum atomic E-state index is -1.25. The van der Waals surface area contributed by atoms with Crippen molar-refractivity contribution in [2.45, 2.75) is 31.6 Å². The third-order valence-electron chi connectivity index (χ3n) is 2.33. The van der Waals surface area contributed by atoms with E-state index in [0.29, 0.717) is 10.0 Å². The highest BCUT2D eigenvalue weighted by Crippen LogP contribution is 2.21. The molecule has 0 radical (unpaired) electrons. The minimum absolute atomic E-state index is 0.248. The summed E-state index contributed by atoms with van der Waals surface area (Å²) in [5.41, 5.74) is 6.34. The Labute approximate surface area is 118 Å². The Morgan fingerprint density at radius 2 is 2.06 bits per heavy atom. The second-order valence-corrected chi connectivity index (χ2v) is 7.90. The van der Waals surface area contributed by atoms with Crippen LogP contribution in [-0.4, -0.2) is 15.5 Å².